The van der Waals surface area contributed by atoms with Crippen LogP contribution in [0.25, 0.3) is 27.8 Å². The first-order valence-corrected chi connectivity index (χ1v) is 12.7. The van der Waals surface area contributed by atoms with Crippen molar-refractivity contribution >= 4 is 17.2 Å². The summed E-state index contributed by atoms with van der Waals surface area (Å²) in [6, 6.07) is 15.4. The molecule has 1 saturated heterocycles. The minimum absolute atomic E-state index is 0.257. The molecular weight excluding hydrogens is 478 g/mol. The monoisotopic (exact) mass is 507 g/mol. The van der Waals surface area contributed by atoms with Crippen LogP contribution in [0.3, 0.4) is 0 Å². The molecule has 1 N–H and O–H groups in total. The van der Waals surface area contributed by atoms with Crippen LogP contribution < -0.4 is 4.90 Å². The Kier molecular flexibility index (Phi) is 6.13. The molecular formula is C29H29N7O2. The van der Waals surface area contributed by atoms with Gasteiger partial charge in [-0.05, 0) is 36.2 Å². The second kappa shape index (κ2) is 9.75. The third-order valence-electron chi connectivity index (χ3n) is 7.16. The lowest BCUT2D eigenvalue weighted by molar-refractivity contribution is -0.140. The van der Waals surface area contributed by atoms with Crippen molar-refractivity contribution in [2.45, 2.75) is 13.0 Å². The van der Waals surface area contributed by atoms with E-state index < -0.39 is 6.10 Å². The van der Waals surface area contributed by atoms with Crippen LogP contribution in [0.2, 0.25) is 0 Å². The van der Waals surface area contributed by atoms with Crippen LogP contribution in [0.15, 0.2) is 79.5 Å². The van der Waals surface area contributed by atoms with Gasteiger partial charge >= 0.3 is 0 Å². The van der Waals surface area contributed by atoms with Crippen LogP contribution >= 0.6 is 0 Å². The first kappa shape index (κ1) is 23.9. The summed E-state index contributed by atoms with van der Waals surface area (Å²) in [5.41, 5.74) is 6.90. The number of aliphatic hydroxyl groups is 1. The van der Waals surface area contributed by atoms with Crippen molar-refractivity contribution < 1.29 is 9.90 Å². The maximum absolute atomic E-state index is 12.8. The van der Waals surface area contributed by atoms with Crippen LogP contribution in [-0.4, -0.2) is 66.5 Å². The second-order valence-corrected chi connectivity index (χ2v) is 9.70. The molecule has 6 rings (SSSR count). The third kappa shape index (κ3) is 4.41. The minimum Gasteiger partial charge on any atom is -0.378 e. The van der Waals surface area contributed by atoms with Gasteiger partial charge in [0.05, 0.1) is 17.9 Å². The van der Waals surface area contributed by atoms with Gasteiger partial charge in [0.25, 0.3) is 5.91 Å². The number of anilines is 1. The number of aromatic nitrogens is 5. The SMILES string of the molecule is Cc1cnn2cc(-c3cnn(C)c3)cc(-c3ccc(N4CCN(C(=O)C(O)c5ccccc5)CC4)nc3)c12. The summed E-state index contributed by atoms with van der Waals surface area (Å²) in [6.45, 7) is 4.45. The number of piperazine rings is 1. The van der Waals surface area contributed by atoms with Crippen molar-refractivity contribution in [3.05, 3.63) is 90.6 Å². The molecule has 5 heterocycles. The maximum atomic E-state index is 12.8. The van der Waals surface area contributed by atoms with Gasteiger partial charge in [-0.2, -0.15) is 10.2 Å². The summed E-state index contributed by atoms with van der Waals surface area (Å²) in [7, 11) is 1.91. The molecule has 1 aromatic carbocycles. The number of carbonyl (C=O) groups excluding carboxylic acids is 1. The summed E-state index contributed by atoms with van der Waals surface area (Å²) in [5.74, 6) is 0.613. The molecule has 38 heavy (non-hydrogen) atoms. The topological polar surface area (TPSA) is 91.8 Å². The quantitative estimate of drug-likeness (QED) is 0.392. The van der Waals surface area contributed by atoms with Gasteiger partial charge in [0.1, 0.15) is 5.82 Å². The number of nitrogens with zero attached hydrogens (tertiary/aromatic N) is 7. The Morgan fingerprint density at radius 2 is 1.68 bits per heavy atom. The first-order valence-electron chi connectivity index (χ1n) is 12.7. The molecule has 1 atom stereocenters. The molecule has 9 heteroatoms. The molecule has 5 aromatic rings. The minimum atomic E-state index is -1.13. The predicted molar refractivity (Wildman–Crippen MR) is 146 cm³/mol. The van der Waals surface area contributed by atoms with Gasteiger partial charge in [-0.1, -0.05) is 30.3 Å². The zero-order valence-electron chi connectivity index (χ0n) is 21.4. The number of hydrogen-bond acceptors (Lipinski definition) is 6. The van der Waals surface area contributed by atoms with E-state index in [1.54, 1.807) is 21.7 Å². The summed E-state index contributed by atoms with van der Waals surface area (Å²) >= 11 is 0. The number of benzene rings is 1. The first-order chi connectivity index (χ1) is 18.5. The van der Waals surface area contributed by atoms with E-state index >= 15 is 0 Å². The number of pyridine rings is 2. The van der Waals surface area contributed by atoms with Crippen LogP contribution in [0.5, 0.6) is 0 Å². The summed E-state index contributed by atoms with van der Waals surface area (Å²) in [5, 5.41) is 19.4. The van der Waals surface area contributed by atoms with Crippen LogP contribution in [0.1, 0.15) is 17.2 Å². The van der Waals surface area contributed by atoms with Gasteiger partial charge in [0.2, 0.25) is 0 Å². The molecule has 4 aromatic heterocycles. The molecule has 9 nitrogen and oxygen atoms in total. The second-order valence-electron chi connectivity index (χ2n) is 9.70. The van der Waals surface area contributed by atoms with Crippen LogP contribution in [-0.2, 0) is 11.8 Å². The molecule has 1 aliphatic rings. The van der Waals surface area contributed by atoms with Crippen LogP contribution in [0, 0.1) is 6.92 Å². The van der Waals surface area contributed by atoms with E-state index in [0.717, 1.165) is 39.2 Å². The lowest BCUT2D eigenvalue weighted by atomic mass is 10.0. The van der Waals surface area contributed by atoms with E-state index in [4.69, 9.17) is 4.98 Å². The van der Waals surface area contributed by atoms with E-state index in [2.05, 4.69) is 34.2 Å². The van der Waals surface area contributed by atoms with Gasteiger partial charge in [-0.15, -0.1) is 0 Å². The Bertz CT molecular complexity index is 1580. The van der Waals surface area contributed by atoms with Crippen molar-refractivity contribution in [3.8, 4) is 22.3 Å². The summed E-state index contributed by atoms with van der Waals surface area (Å²) < 4.78 is 3.71. The molecule has 0 bridgehead atoms. The average molecular weight is 508 g/mol. The van der Waals surface area contributed by atoms with E-state index in [9.17, 15) is 9.90 Å². The Balaban J connectivity index is 1.20. The molecule has 0 saturated carbocycles. The number of aliphatic hydroxyl groups excluding tert-OH is 1. The molecule has 192 valence electrons. The standard InChI is InChI=1S/C29H29N7O2/c1-20-15-32-36-19-23(24-17-31-33(2)18-24)14-25(27(20)36)22-8-9-26(30-16-22)34-10-12-35(13-11-34)29(38)28(37)21-6-4-3-5-7-21/h3-9,14-19,28,37H,10-13H2,1-2H3. The van der Waals surface area contributed by atoms with Crippen molar-refractivity contribution in [2.24, 2.45) is 7.05 Å². The van der Waals surface area contributed by atoms with Gasteiger partial charge < -0.3 is 14.9 Å². The summed E-state index contributed by atoms with van der Waals surface area (Å²) in [4.78, 5) is 21.5. The normalized spacial score (nSPS) is 14.7. The number of fused-ring (bicyclic) bond motifs is 1. The Hall–Kier alpha value is -4.50. The molecule has 1 fully saturated rings. The molecule has 0 spiro atoms. The molecule has 1 unspecified atom stereocenters. The number of aryl methyl sites for hydroxylation is 2. The summed E-state index contributed by atoms with van der Waals surface area (Å²) in [6.07, 6.45) is 8.52. The lowest BCUT2D eigenvalue weighted by Gasteiger charge is -2.36. The van der Waals surface area contributed by atoms with Crippen molar-refractivity contribution in [3.63, 3.8) is 0 Å². The number of carbonyl (C=O) groups is 1. The lowest BCUT2D eigenvalue weighted by Crippen LogP contribution is -2.50. The number of amides is 1. The zero-order valence-corrected chi connectivity index (χ0v) is 21.4. The molecule has 0 radical (unpaired) electrons. The fourth-order valence-electron chi connectivity index (χ4n) is 5.06. The highest BCUT2D eigenvalue weighted by Crippen LogP contribution is 2.32. The molecule has 1 aliphatic heterocycles. The van der Waals surface area contributed by atoms with Crippen molar-refractivity contribution in [2.75, 3.05) is 31.1 Å². The van der Waals surface area contributed by atoms with Crippen molar-refractivity contribution in [1.29, 1.82) is 0 Å². The molecule has 1 amide bonds. The Morgan fingerprint density at radius 3 is 2.37 bits per heavy atom. The highest BCUT2D eigenvalue weighted by Gasteiger charge is 2.27. The zero-order chi connectivity index (χ0) is 26.2. The van der Waals surface area contributed by atoms with Crippen LogP contribution in [0.4, 0.5) is 5.82 Å². The average Bonchev–Trinajstić information content (AvgIpc) is 3.58. The highest BCUT2D eigenvalue weighted by atomic mass is 16.3. The van der Waals surface area contributed by atoms with E-state index in [1.165, 1.54) is 0 Å². The fraction of sp³-hybridized carbons (Fsp3) is 0.241. The Morgan fingerprint density at radius 1 is 0.895 bits per heavy atom. The maximum Gasteiger partial charge on any atom is 0.256 e. The van der Waals surface area contributed by atoms with Gasteiger partial charge in [-0.25, -0.2) is 9.50 Å². The third-order valence-corrected chi connectivity index (χ3v) is 7.16. The van der Waals surface area contributed by atoms with E-state index in [1.807, 2.05) is 66.8 Å². The van der Waals surface area contributed by atoms with Crippen molar-refractivity contribution in [1.82, 2.24) is 29.3 Å². The van der Waals surface area contributed by atoms with Gasteiger partial charge in [0, 0.05) is 74.1 Å². The largest absolute Gasteiger partial charge is 0.378 e. The number of hydrogen-bond donors (Lipinski definition) is 1. The Labute approximate surface area is 220 Å². The highest BCUT2D eigenvalue weighted by molar-refractivity contribution is 5.86. The van der Waals surface area contributed by atoms with Gasteiger partial charge in [0.15, 0.2) is 6.10 Å². The predicted octanol–water partition coefficient (Wildman–Crippen LogP) is 3.49. The number of rotatable bonds is 5. The van der Waals surface area contributed by atoms with E-state index in [-0.39, 0.29) is 5.91 Å². The van der Waals surface area contributed by atoms with Gasteiger partial charge in [-0.3, -0.25) is 9.48 Å². The fourth-order valence-corrected chi connectivity index (χ4v) is 5.06. The van der Waals surface area contributed by atoms with E-state index in [0.29, 0.717) is 31.7 Å². The smallest absolute Gasteiger partial charge is 0.256 e. The molecule has 0 aliphatic carbocycles.